The Bertz CT molecular complexity index is 860. The third-order valence-electron chi connectivity index (χ3n) is 3.61. The maximum absolute atomic E-state index is 6.00. The molecular formula is C19H19ClN4. The first-order valence-electron chi connectivity index (χ1n) is 7.72. The number of hydrogen-bond donors (Lipinski definition) is 2. The molecule has 0 fully saturated rings. The van der Waals surface area contributed by atoms with Crippen molar-refractivity contribution >= 4 is 34.7 Å². The summed E-state index contributed by atoms with van der Waals surface area (Å²) in [4.78, 5) is 9.00. The van der Waals surface area contributed by atoms with Gasteiger partial charge in [-0.2, -0.15) is 4.98 Å². The Morgan fingerprint density at radius 2 is 1.58 bits per heavy atom. The molecule has 24 heavy (non-hydrogen) atoms. The zero-order valence-electron chi connectivity index (χ0n) is 13.9. The second-order valence-electron chi connectivity index (χ2n) is 5.79. The number of aryl methyl sites for hydroxylation is 3. The van der Waals surface area contributed by atoms with Crippen LogP contribution in [0, 0.1) is 20.8 Å². The molecule has 0 saturated carbocycles. The van der Waals surface area contributed by atoms with Gasteiger partial charge in [0.15, 0.2) is 0 Å². The molecular weight excluding hydrogens is 320 g/mol. The number of hydrogen-bond acceptors (Lipinski definition) is 4. The van der Waals surface area contributed by atoms with Crippen LogP contribution in [0.15, 0.2) is 48.5 Å². The van der Waals surface area contributed by atoms with E-state index in [1.807, 2.05) is 50.2 Å². The van der Waals surface area contributed by atoms with Crippen molar-refractivity contribution in [3.63, 3.8) is 0 Å². The smallest absolute Gasteiger partial charge is 0.229 e. The molecule has 0 amide bonds. The molecule has 4 nitrogen and oxygen atoms in total. The van der Waals surface area contributed by atoms with Crippen LogP contribution in [-0.4, -0.2) is 9.97 Å². The predicted molar refractivity (Wildman–Crippen MR) is 101 cm³/mol. The van der Waals surface area contributed by atoms with E-state index >= 15 is 0 Å². The summed E-state index contributed by atoms with van der Waals surface area (Å²) in [5, 5.41) is 7.28. The summed E-state index contributed by atoms with van der Waals surface area (Å²) >= 11 is 6.00. The van der Waals surface area contributed by atoms with E-state index in [0.29, 0.717) is 11.0 Å². The van der Waals surface area contributed by atoms with Crippen molar-refractivity contribution in [2.45, 2.75) is 20.8 Å². The lowest BCUT2D eigenvalue weighted by atomic mass is 10.2. The van der Waals surface area contributed by atoms with Crippen molar-refractivity contribution in [1.29, 1.82) is 0 Å². The highest BCUT2D eigenvalue weighted by Gasteiger charge is 2.06. The molecule has 0 aliphatic carbocycles. The molecule has 0 aliphatic rings. The first-order chi connectivity index (χ1) is 11.5. The van der Waals surface area contributed by atoms with Gasteiger partial charge in [0.05, 0.1) is 0 Å². The Morgan fingerprint density at radius 3 is 2.29 bits per heavy atom. The highest BCUT2D eigenvalue weighted by atomic mass is 35.5. The number of rotatable bonds is 4. The van der Waals surface area contributed by atoms with Crippen LogP contribution in [0.5, 0.6) is 0 Å². The minimum atomic E-state index is 0.551. The molecule has 0 atom stereocenters. The zero-order valence-corrected chi connectivity index (χ0v) is 14.6. The molecule has 5 heteroatoms. The normalized spacial score (nSPS) is 10.5. The van der Waals surface area contributed by atoms with Gasteiger partial charge in [-0.05, 0) is 56.7 Å². The Kier molecular flexibility index (Phi) is 4.67. The number of nitrogens with one attached hydrogen (secondary N) is 2. The average Bonchev–Trinajstić information content (AvgIpc) is 2.52. The minimum Gasteiger partial charge on any atom is -0.340 e. The van der Waals surface area contributed by atoms with Crippen molar-refractivity contribution in [1.82, 2.24) is 9.97 Å². The number of nitrogens with zero attached hydrogens (tertiary/aromatic N) is 2. The SMILES string of the molecule is Cc1ccc(Nc2cc(C)nc(Nc3ccc(Cl)cc3C)n2)cc1. The van der Waals surface area contributed by atoms with Crippen LogP contribution in [0.2, 0.25) is 5.02 Å². The summed E-state index contributed by atoms with van der Waals surface area (Å²) in [5.41, 5.74) is 5.08. The first-order valence-corrected chi connectivity index (χ1v) is 8.10. The fraction of sp³-hybridized carbons (Fsp3) is 0.158. The Hall–Kier alpha value is -2.59. The monoisotopic (exact) mass is 338 g/mol. The van der Waals surface area contributed by atoms with Gasteiger partial charge in [-0.3, -0.25) is 0 Å². The van der Waals surface area contributed by atoms with Crippen molar-refractivity contribution in [2.75, 3.05) is 10.6 Å². The summed E-state index contributed by atoms with van der Waals surface area (Å²) in [7, 11) is 0. The molecule has 122 valence electrons. The lowest BCUT2D eigenvalue weighted by Gasteiger charge is -2.12. The minimum absolute atomic E-state index is 0.551. The van der Waals surface area contributed by atoms with Gasteiger partial charge in [-0.1, -0.05) is 29.3 Å². The maximum atomic E-state index is 6.00. The largest absolute Gasteiger partial charge is 0.340 e. The van der Waals surface area contributed by atoms with Gasteiger partial charge in [0.25, 0.3) is 0 Å². The molecule has 0 unspecified atom stereocenters. The lowest BCUT2D eigenvalue weighted by molar-refractivity contribution is 1.10. The van der Waals surface area contributed by atoms with Crippen LogP contribution in [0.4, 0.5) is 23.1 Å². The summed E-state index contributed by atoms with van der Waals surface area (Å²) < 4.78 is 0. The van der Waals surface area contributed by atoms with Crippen LogP contribution < -0.4 is 10.6 Å². The Balaban J connectivity index is 1.84. The van der Waals surface area contributed by atoms with Crippen LogP contribution in [0.25, 0.3) is 0 Å². The molecule has 0 radical (unpaired) electrons. The quantitative estimate of drug-likeness (QED) is 0.655. The molecule has 3 aromatic rings. The number of halogens is 1. The van der Waals surface area contributed by atoms with Gasteiger partial charge in [0, 0.05) is 28.2 Å². The molecule has 1 heterocycles. The molecule has 1 aromatic heterocycles. The van der Waals surface area contributed by atoms with E-state index in [1.54, 1.807) is 0 Å². The van der Waals surface area contributed by atoms with Gasteiger partial charge in [-0.15, -0.1) is 0 Å². The van der Waals surface area contributed by atoms with Gasteiger partial charge in [-0.25, -0.2) is 4.98 Å². The Morgan fingerprint density at radius 1 is 0.833 bits per heavy atom. The Labute approximate surface area is 146 Å². The first kappa shape index (κ1) is 16.3. The number of anilines is 4. The fourth-order valence-corrected chi connectivity index (χ4v) is 2.59. The lowest BCUT2D eigenvalue weighted by Crippen LogP contribution is -2.03. The summed E-state index contributed by atoms with van der Waals surface area (Å²) in [6, 6.07) is 15.8. The van der Waals surface area contributed by atoms with Crippen molar-refractivity contribution in [2.24, 2.45) is 0 Å². The third-order valence-corrected chi connectivity index (χ3v) is 3.85. The van der Waals surface area contributed by atoms with Gasteiger partial charge in [0.1, 0.15) is 5.82 Å². The molecule has 0 spiro atoms. The predicted octanol–water partition coefficient (Wildman–Crippen LogP) is 5.54. The molecule has 0 saturated heterocycles. The molecule has 0 aliphatic heterocycles. The highest BCUT2D eigenvalue weighted by molar-refractivity contribution is 6.30. The summed E-state index contributed by atoms with van der Waals surface area (Å²) in [5.74, 6) is 1.30. The van der Waals surface area contributed by atoms with Crippen LogP contribution >= 0.6 is 11.6 Å². The molecule has 2 N–H and O–H groups in total. The van der Waals surface area contributed by atoms with Gasteiger partial charge in [0.2, 0.25) is 5.95 Å². The highest BCUT2D eigenvalue weighted by Crippen LogP contribution is 2.23. The van der Waals surface area contributed by atoms with E-state index in [9.17, 15) is 0 Å². The maximum Gasteiger partial charge on any atom is 0.229 e. The summed E-state index contributed by atoms with van der Waals surface area (Å²) in [6.07, 6.45) is 0. The molecule has 2 aromatic carbocycles. The number of benzene rings is 2. The standard InChI is InChI=1S/C19H19ClN4/c1-12-4-7-16(8-5-12)22-18-11-14(3)21-19(24-18)23-17-9-6-15(20)10-13(17)2/h4-11H,1-3H3,(H2,21,22,23,24). The van der Waals surface area contributed by atoms with Crippen molar-refractivity contribution < 1.29 is 0 Å². The second kappa shape index (κ2) is 6.89. The van der Waals surface area contributed by atoms with Gasteiger partial charge >= 0.3 is 0 Å². The van der Waals surface area contributed by atoms with Crippen molar-refractivity contribution in [3.8, 4) is 0 Å². The van der Waals surface area contributed by atoms with Gasteiger partial charge < -0.3 is 10.6 Å². The van der Waals surface area contributed by atoms with E-state index in [4.69, 9.17) is 11.6 Å². The second-order valence-corrected chi connectivity index (χ2v) is 6.23. The van der Waals surface area contributed by atoms with Crippen molar-refractivity contribution in [3.05, 3.63) is 70.4 Å². The average molecular weight is 339 g/mol. The number of aromatic nitrogens is 2. The zero-order chi connectivity index (χ0) is 17.1. The van der Waals surface area contributed by atoms with Crippen LogP contribution in [0.3, 0.4) is 0 Å². The van der Waals surface area contributed by atoms with E-state index in [0.717, 1.165) is 28.5 Å². The van der Waals surface area contributed by atoms with E-state index in [-0.39, 0.29) is 0 Å². The van der Waals surface area contributed by atoms with Crippen LogP contribution in [-0.2, 0) is 0 Å². The fourth-order valence-electron chi connectivity index (χ4n) is 2.36. The van der Waals surface area contributed by atoms with E-state index in [2.05, 4.69) is 39.7 Å². The summed E-state index contributed by atoms with van der Waals surface area (Å²) in [6.45, 7) is 6.01. The van der Waals surface area contributed by atoms with Crippen LogP contribution in [0.1, 0.15) is 16.8 Å². The molecule has 0 bridgehead atoms. The van der Waals surface area contributed by atoms with E-state index in [1.165, 1.54) is 5.56 Å². The molecule has 3 rings (SSSR count). The van der Waals surface area contributed by atoms with E-state index < -0.39 is 0 Å². The topological polar surface area (TPSA) is 49.8 Å². The third kappa shape index (κ3) is 4.03.